The molecule has 6 nitrogen and oxygen atoms in total. The fourth-order valence-corrected chi connectivity index (χ4v) is 5.63. The molecule has 0 aromatic carbocycles. The van der Waals surface area contributed by atoms with Crippen LogP contribution >= 0.6 is 11.3 Å². The normalized spacial score (nSPS) is 20.0. The van der Waals surface area contributed by atoms with Gasteiger partial charge in [-0.1, -0.05) is 6.92 Å². The van der Waals surface area contributed by atoms with E-state index >= 15 is 0 Å². The summed E-state index contributed by atoms with van der Waals surface area (Å²) in [7, 11) is 0. The molecular weight excluding hydrogens is 382 g/mol. The Morgan fingerprint density at radius 3 is 2.86 bits per heavy atom. The largest absolute Gasteiger partial charge is 0.379 e. The highest BCUT2D eigenvalue weighted by atomic mass is 32.1. The van der Waals surface area contributed by atoms with Crippen LogP contribution in [0.3, 0.4) is 0 Å². The van der Waals surface area contributed by atoms with Crippen LogP contribution in [0.25, 0.3) is 10.2 Å². The minimum absolute atomic E-state index is 0.743. The molecule has 0 radical (unpaired) electrons. The second-order valence-corrected chi connectivity index (χ2v) is 9.20. The van der Waals surface area contributed by atoms with Crippen molar-refractivity contribution in [3.8, 4) is 0 Å². The van der Waals surface area contributed by atoms with Crippen molar-refractivity contribution in [1.29, 1.82) is 0 Å². The highest BCUT2D eigenvalue weighted by Crippen LogP contribution is 2.40. The zero-order chi connectivity index (χ0) is 19.6. The molecule has 1 atom stereocenters. The van der Waals surface area contributed by atoms with Gasteiger partial charge in [-0.15, -0.1) is 11.3 Å². The van der Waals surface area contributed by atoms with E-state index in [0.717, 1.165) is 68.2 Å². The molecule has 0 bridgehead atoms. The quantitative estimate of drug-likeness (QED) is 0.694. The maximum Gasteiger partial charge on any atom is 0.146 e. The van der Waals surface area contributed by atoms with Crippen molar-refractivity contribution in [3.05, 3.63) is 46.4 Å². The predicted octanol–water partition coefficient (Wildman–Crippen LogP) is 3.66. The van der Waals surface area contributed by atoms with Crippen molar-refractivity contribution in [2.45, 2.75) is 39.3 Å². The molecule has 29 heavy (non-hydrogen) atoms. The fourth-order valence-electron chi connectivity index (χ4n) is 4.23. The van der Waals surface area contributed by atoms with Crippen LogP contribution in [0.5, 0.6) is 0 Å². The van der Waals surface area contributed by atoms with E-state index in [0.29, 0.717) is 0 Å². The number of nitrogens with zero attached hydrogens (tertiary/aromatic N) is 4. The van der Waals surface area contributed by atoms with Crippen LogP contribution in [-0.4, -0.2) is 46.2 Å². The maximum atomic E-state index is 5.49. The second kappa shape index (κ2) is 8.34. The summed E-state index contributed by atoms with van der Waals surface area (Å²) < 4.78 is 5.49. The molecule has 7 heteroatoms. The van der Waals surface area contributed by atoms with E-state index in [1.165, 1.54) is 34.2 Å². The van der Waals surface area contributed by atoms with Gasteiger partial charge in [-0.3, -0.25) is 9.88 Å². The molecule has 1 N–H and O–H groups in total. The van der Waals surface area contributed by atoms with E-state index in [1.54, 1.807) is 0 Å². The van der Waals surface area contributed by atoms with Gasteiger partial charge in [-0.05, 0) is 48.4 Å². The third kappa shape index (κ3) is 4.13. The summed E-state index contributed by atoms with van der Waals surface area (Å²) in [6, 6.07) is 4.09. The molecule has 1 aliphatic carbocycles. The number of anilines is 1. The number of morpholine rings is 1. The van der Waals surface area contributed by atoms with Gasteiger partial charge in [0.15, 0.2) is 0 Å². The van der Waals surface area contributed by atoms with E-state index < -0.39 is 0 Å². The molecule has 152 valence electrons. The first kappa shape index (κ1) is 18.9. The number of thiophene rings is 1. The Bertz CT molecular complexity index is 984. The predicted molar refractivity (Wildman–Crippen MR) is 116 cm³/mol. The minimum Gasteiger partial charge on any atom is -0.379 e. The van der Waals surface area contributed by atoms with Crippen LogP contribution in [0.15, 0.2) is 24.5 Å². The van der Waals surface area contributed by atoms with Crippen molar-refractivity contribution >= 4 is 27.4 Å². The summed E-state index contributed by atoms with van der Waals surface area (Å²) in [6.07, 6.45) is 7.22. The van der Waals surface area contributed by atoms with Crippen LogP contribution < -0.4 is 5.32 Å². The van der Waals surface area contributed by atoms with Crippen molar-refractivity contribution in [2.24, 2.45) is 5.92 Å². The number of nitrogens with one attached hydrogen (secondary N) is 1. The van der Waals surface area contributed by atoms with Crippen LogP contribution in [0.2, 0.25) is 0 Å². The summed E-state index contributed by atoms with van der Waals surface area (Å²) in [5, 5.41) is 4.86. The molecule has 0 unspecified atom stereocenters. The zero-order valence-electron chi connectivity index (χ0n) is 16.9. The van der Waals surface area contributed by atoms with Crippen molar-refractivity contribution in [1.82, 2.24) is 19.9 Å². The second-order valence-electron chi connectivity index (χ2n) is 8.12. The average Bonchev–Trinajstić information content (AvgIpc) is 3.11. The van der Waals surface area contributed by atoms with Crippen molar-refractivity contribution in [2.75, 3.05) is 31.6 Å². The average molecular weight is 410 g/mol. The number of rotatable bonds is 5. The number of hydrogen-bond donors (Lipinski definition) is 1. The SMILES string of the molecule is C[C@H]1CCc2c(sc3nc(CN4CCOCC4)nc(NCc4ccncc4)c23)C1. The fraction of sp³-hybridized carbons (Fsp3) is 0.500. The number of aryl methyl sites for hydroxylation is 1. The number of fused-ring (bicyclic) bond motifs is 3. The van der Waals surface area contributed by atoms with Crippen LogP contribution in [0.4, 0.5) is 5.82 Å². The van der Waals surface area contributed by atoms with E-state index in [1.807, 2.05) is 35.9 Å². The lowest BCUT2D eigenvalue weighted by Crippen LogP contribution is -2.36. The number of ether oxygens (including phenoxy) is 1. The Balaban J connectivity index is 1.49. The van der Waals surface area contributed by atoms with Crippen LogP contribution in [0, 0.1) is 5.92 Å². The zero-order valence-corrected chi connectivity index (χ0v) is 17.7. The third-order valence-electron chi connectivity index (χ3n) is 5.88. The molecule has 1 aliphatic heterocycles. The Morgan fingerprint density at radius 1 is 1.21 bits per heavy atom. The maximum absolute atomic E-state index is 5.49. The molecule has 3 aromatic heterocycles. The number of pyridine rings is 1. The first-order chi connectivity index (χ1) is 14.3. The molecule has 5 rings (SSSR count). The molecule has 0 spiro atoms. The smallest absolute Gasteiger partial charge is 0.146 e. The summed E-state index contributed by atoms with van der Waals surface area (Å²) in [5.41, 5.74) is 2.68. The molecule has 1 saturated heterocycles. The molecule has 0 saturated carbocycles. The topological polar surface area (TPSA) is 63.2 Å². The van der Waals surface area contributed by atoms with Gasteiger partial charge >= 0.3 is 0 Å². The standard InChI is InChI=1S/C22H27N5OS/c1-15-2-3-17-18(12-15)29-22-20(17)21(24-13-16-4-6-23-7-5-16)25-19(26-22)14-27-8-10-28-11-9-27/h4-7,15H,2-3,8-14H2,1H3,(H,24,25,26)/t15-/m0/s1. The Hall–Kier alpha value is -2.09. The third-order valence-corrected chi connectivity index (χ3v) is 7.03. The Kier molecular flexibility index (Phi) is 5.44. The van der Waals surface area contributed by atoms with E-state index in [-0.39, 0.29) is 0 Å². The van der Waals surface area contributed by atoms with Gasteiger partial charge in [-0.25, -0.2) is 9.97 Å². The lowest BCUT2D eigenvalue weighted by Gasteiger charge is -2.26. The van der Waals surface area contributed by atoms with E-state index in [9.17, 15) is 0 Å². The summed E-state index contributed by atoms with van der Waals surface area (Å²) in [4.78, 5) is 19.1. The van der Waals surface area contributed by atoms with Crippen LogP contribution in [0.1, 0.15) is 35.2 Å². The number of aromatic nitrogens is 3. The minimum atomic E-state index is 0.743. The summed E-state index contributed by atoms with van der Waals surface area (Å²) in [6.45, 7) is 7.35. The van der Waals surface area contributed by atoms with Crippen molar-refractivity contribution < 1.29 is 4.74 Å². The van der Waals surface area contributed by atoms with Gasteiger partial charge in [-0.2, -0.15) is 0 Å². The Labute approximate surface area is 175 Å². The van der Waals surface area contributed by atoms with E-state index in [2.05, 4.69) is 22.1 Å². The van der Waals surface area contributed by atoms with Crippen molar-refractivity contribution in [3.63, 3.8) is 0 Å². The highest BCUT2D eigenvalue weighted by Gasteiger charge is 2.24. The monoisotopic (exact) mass is 409 g/mol. The lowest BCUT2D eigenvalue weighted by molar-refractivity contribution is 0.0331. The van der Waals surface area contributed by atoms with Gasteiger partial charge in [0.05, 0.1) is 25.1 Å². The van der Waals surface area contributed by atoms with Gasteiger partial charge in [0.25, 0.3) is 0 Å². The lowest BCUT2D eigenvalue weighted by atomic mass is 9.89. The van der Waals surface area contributed by atoms with Crippen LogP contribution in [-0.2, 0) is 30.7 Å². The number of hydrogen-bond acceptors (Lipinski definition) is 7. The van der Waals surface area contributed by atoms with Gasteiger partial charge in [0, 0.05) is 36.9 Å². The molecule has 2 aliphatic rings. The molecular formula is C22H27N5OS. The summed E-state index contributed by atoms with van der Waals surface area (Å²) >= 11 is 1.87. The van der Waals surface area contributed by atoms with Gasteiger partial charge in [0.1, 0.15) is 16.5 Å². The van der Waals surface area contributed by atoms with E-state index in [4.69, 9.17) is 14.7 Å². The highest BCUT2D eigenvalue weighted by molar-refractivity contribution is 7.19. The summed E-state index contributed by atoms with van der Waals surface area (Å²) in [5.74, 6) is 2.65. The molecule has 1 fully saturated rings. The first-order valence-corrected chi connectivity index (χ1v) is 11.3. The first-order valence-electron chi connectivity index (χ1n) is 10.5. The molecule has 3 aromatic rings. The Morgan fingerprint density at radius 2 is 2.03 bits per heavy atom. The van der Waals surface area contributed by atoms with Gasteiger partial charge in [0.2, 0.25) is 0 Å². The van der Waals surface area contributed by atoms with Gasteiger partial charge < -0.3 is 10.1 Å². The molecule has 4 heterocycles. The molecule has 0 amide bonds.